The predicted molar refractivity (Wildman–Crippen MR) is 47.0 cm³/mol. The zero-order valence-electron chi connectivity index (χ0n) is 6.48. The average Bonchev–Trinajstić information content (AvgIpc) is 1.95. The van der Waals surface area contributed by atoms with Gasteiger partial charge >= 0.3 is 0 Å². The Morgan fingerprint density at radius 3 is 2.75 bits per heavy atom. The second-order valence-corrected chi connectivity index (χ2v) is 3.41. The molecule has 0 aliphatic carbocycles. The molecule has 1 N–H and O–H groups in total. The lowest BCUT2D eigenvalue weighted by Gasteiger charge is -2.27. The Morgan fingerprint density at radius 1 is 1.42 bits per heavy atom. The van der Waals surface area contributed by atoms with Crippen LogP contribution in [0.25, 0.3) is 0 Å². The molecule has 0 atom stereocenters. The average molecular weight is 186 g/mol. The maximum atomic E-state index is 13.3. The Hall–Kier alpha value is -0.600. The first-order chi connectivity index (χ1) is 5.79. The Balaban J connectivity index is 2.36. The van der Waals surface area contributed by atoms with Crippen molar-refractivity contribution in [2.45, 2.75) is 5.92 Å². The highest BCUT2D eigenvalue weighted by molar-refractivity contribution is 6.30. The third kappa shape index (κ3) is 1.21. The van der Waals surface area contributed by atoms with E-state index in [2.05, 4.69) is 5.32 Å². The molecule has 0 saturated carbocycles. The lowest BCUT2D eigenvalue weighted by atomic mass is 9.93. The number of hydrogen-bond donors (Lipinski definition) is 1. The molecule has 0 aromatic heterocycles. The summed E-state index contributed by atoms with van der Waals surface area (Å²) in [7, 11) is 0. The van der Waals surface area contributed by atoms with Crippen LogP contribution in [0.2, 0.25) is 5.02 Å². The number of benzene rings is 1. The zero-order chi connectivity index (χ0) is 8.55. The predicted octanol–water partition coefficient (Wildman–Crippen LogP) is 2.17. The fourth-order valence-electron chi connectivity index (χ4n) is 1.34. The first-order valence-corrected chi connectivity index (χ1v) is 4.31. The highest BCUT2D eigenvalue weighted by Gasteiger charge is 2.22. The highest BCUT2D eigenvalue weighted by Crippen LogP contribution is 2.26. The third-order valence-electron chi connectivity index (χ3n) is 2.20. The summed E-state index contributed by atoms with van der Waals surface area (Å²) in [6, 6.07) is 5.16. The second kappa shape index (κ2) is 3.04. The van der Waals surface area contributed by atoms with Crippen LogP contribution in [0.15, 0.2) is 18.2 Å². The lowest BCUT2D eigenvalue weighted by molar-refractivity contribution is 0.431. The molecule has 3 heteroatoms. The van der Waals surface area contributed by atoms with E-state index in [1.54, 1.807) is 18.2 Å². The molecular formula is C9H9ClFN. The second-order valence-electron chi connectivity index (χ2n) is 3.00. The van der Waals surface area contributed by atoms with E-state index < -0.39 is 0 Å². The van der Waals surface area contributed by atoms with Crippen LogP contribution >= 0.6 is 11.6 Å². The summed E-state index contributed by atoms with van der Waals surface area (Å²) in [5.41, 5.74) is 0.737. The first-order valence-electron chi connectivity index (χ1n) is 3.93. The quantitative estimate of drug-likeness (QED) is 0.707. The molecule has 0 radical (unpaired) electrons. The van der Waals surface area contributed by atoms with Gasteiger partial charge in [0.1, 0.15) is 5.82 Å². The molecule has 1 aliphatic rings. The van der Waals surface area contributed by atoms with Gasteiger partial charge in [-0.2, -0.15) is 0 Å². The van der Waals surface area contributed by atoms with E-state index in [1.807, 2.05) is 0 Å². The monoisotopic (exact) mass is 185 g/mol. The van der Waals surface area contributed by atoms with Crippen molar-refractivity contribution in [1.29, 1.82) is 0 Å². The van der Waals surface area contributed by atoms with Crippen molar-refractivity contribution in [3.8, 4) is 0 Å². The molecule has 1 saturated heterocycles. The van der Waals surface area contributed by atoms with Crippen LogP contribution in [0, 0.1) is 5.82 Å². The van der Waals surface area contributed by atoms with Gasteiger partial charge in [-0.3, -0.25) is 0 Å². The summed E-state index contributed by atoms with van der Waals surface area (Å²) in [4.78, 5) is 0. The summed E-state index contributed by atoms with van der Waals surface area (Å²) in [6.07, 6.45) is 0. The third-order valence-corrected chi connectivity index (χ3v) is 2.49. The van der Waals surface area contributed by atoms with E-state index in [4.69, 9.17) is 11.6 Å². The lowest BCUT2D eigenvalue weighted by Crippen LogP contribution is -2.40. The number of halogens is 2. The normalized spacial score (nSPS) is 17.5. The van der Waals surface area contributed by atoms with Crippen molar-refractivity contribution in [3.05, 3.63) is 34.6 Å². The van der Waals surface area contributed by atoms with Gasteiger partial charge in [-0.05, 0) is 11.6 Å². The van der Waals surface area contributed by atoms with Crippen LogP contribution in [-0.2, 0) is 0 Å². The molecule has 2 rings (SSSR count). The highest BCUT2D eigenvalue weighted by atomic mass is 35.5. The van der Waals surface area contributed by atoms with Crippen molar-refractivity contribution in [2.75, 3.05) is 13.1 Å². The Morgan fingerprint density at radius 2 is 2.17 bits per heavy atom. The molecule has 12 heavy (non-hydrogen) atoms. The van der Waals surface area contributed by atoms with E-state index in [9.17, 15) is 4.39 Å². The fraction of sp³-hybridized carbons (Fsp3) is 0.333. The van der Waals surface area contributed by atoms with E-state index in [0.717, 1.165) is 18.7 Å². The van der Waals surface area contributed by atoms with Crippen LogP contribution in [0.1, 0.15) is 11.5 Å². The van der Waals surface area contributed by atoms with Crippen LogP contribution in [0.3, 0.4) is 0 Å². The topological polar surface area (TPSA) is 12.0 Å². The molecule has 1 fully saturated rings. The Kier molecular flexibility index (Phi) is 2.03. The van der Waals surface area contributed by atoms with Gasteiger partial charge in [0.15, 0.2) is 0 Å². The van der Waals surface area contributed by atoms with Crippen molar-refractivity contribution >= 4 is 11.6 Å². The van der Waals surface area contributed by atoms with Crippen LogP contribution in [0.4, 0.5) is 4.39 Å². The minimum atomic E-state index is -0.259. The van der Waals surface area contributed by atoms with Crippen molar-refractivity contribution in [1.82, 2.24) is 5.32 Å². The van der Waals surface area contributed by atoms with Crippen molar-refractivity contribution in [3.63, 3.8) is 0 Å². The largest absolute Gasteiger partial charge is 0.315 e. The van der Waals surface area contributed by atoms with E-state index in [-0.39, 0.29) is 10.8 Å². The molecule has 0 amide bonds. The van der Waals surface area contributed by atoms with Gasteiger partial charge in [0.2, 0.25) is 0 Å². The molecule has 0 unspecified atom stereocenters. The van der Waals surface area contributed by atoms with E-state index >= 15 is 0 Å². The standard InChI is InChI=1S/C9H9ClFN/c10-8-3-1-2-7(9(8)11)6-4-12-5-6/h1-3,6,12H,4-5H2. The molecule has 1 aromatic carbocycles. The van der Waals surface area contributed by atoms with E-state index in [0.29, 0.717) is 5.92 Å². The maximum absolute atomic E-state index is 13.3. The van der Waals surface area contributed by atoms with Crippen LogP contribution in [-0.4, -0.2) is 13.1 Å². The molecular weight excluding hydrogens is 177 g/mol. The Labute approximate surface area is 75.5 Å². The first kappa shape index (κ1) is 8.02. The number of rotatable bonds is 1. The summed E-state index contributed by atoms with van der Waals surface area (Å²) >= 11 is 5.64. The van der Waals surface area contributed by atoms with Gasteiger partial charge in [0.05, 0.1) is 5.02 Å². The summed E-state index contributed by atoms with van der Waals surface area (Å²) in [5.74, 6) is 0.0503. The molecule has 64 valence electrons. The van der Waals surface area contributed by atoms with Crippen LogP contribution in [0.5, 0.6) is 0 Å². The summed E-state index contributed by atoms with van der Waals surface area (Å²) in [5, 5.41) is 3.32. The smallest absolute Gasteiger partial charge is 0.145 e. The molecule has 1 heterocycles. The van der Waals surface area contributed by atoms with E-state index in [1.165, 1.54) is 0 Å². The van der Waals surface area contributed by atoms with Gasteiger partial charge < -0.3 is 5.32 Å². The van der Waals surface area contributed by atoms with Gasteiger partial charge in [0, 0.05) is 19.0 Å². The molecule has 1 aromatic rings. The van der Waals surface area contributed by atoms with Gasteiger partial charge in [-0.25, -0.2) is 4.39 Å². The Bertz CT molecular complexity index is 297. The van der Waals surface area contributed by atoms with Crippen molar-refractivity contribution in [2.24, 2.45) is 0 Å². The number of nitrogens with one attached hydrogen (secondary N) is 1. The minimum Gasteiger partial charge on any atom is -0.315 e. The minimum absolute atomic E-state index is 0.222. The maximum Gasteiger partial charge on any atom is 0.145 e. The molecule has 0 bridgehead atoms. The van der Waals surface area contributed by atoms with Gasteiger partial charge in [0.25, 0.3) is 0 Å². The van der Waals surface area contributed by atoms with Crippen molar-refractivity contribution < 1.29 is 4.39 Å². The fourth-order valence-corrected chi connectivity index (χ4v) is 1.53. The van der Waals surface area contributed by atoms with Gasteiger partial charge in [-0.15, -0.1) is 0 Å². The molecule has 0 spiro atoms. The molecule has 1 aliphatic heterocycles. The van der Waals surface area contributed by atoms with Gasteiger partial charge in [-0.1, -0.05) is 23.7 Å². The summed E-state index contributed by atoms with van der Waals surface area (Å²) < 4.78 is 13.3. The number of hydrogen-bond acceptors (Lipinski definition) is 1. The summed E-state index contributed by atoms with van der Waals surface area (Å²) in [6.45, 7) is 1.72. The SMILES string of the molecule is Fc1c(Cl)cccc1C1CNC1. The van der Waals surface area contributed by atoms with Crippen LogP contribution < -0.4 is 5.32 Å². The molecule has 1 nitrogen and oxygen atoms in total. The zero-order valence-corrected chi connectivity index (χ0v) is 7.24.